The van der Waals surface area contributed by atoms with Crippen molar-refractivity contribution in [1.29, 1.82) is 0 Å². The van der Waals surface area contributed by atoms with E-state index in [-0.39, 0.29) is 17.3 Å². The van der Waals surface area contributed by atoms with Crippen molar-refractivity contribution in [3.8, 4) is 11.5 Å². The van der Waals surface area contributed by atoms with Crippen LogP contribution in [0.5, 0.6) is 11.5 Å². The van der Waals surface area contributed by atoms with Crippen LogP contribution in [-0.4, -0.2) is 11.8 Å². The Labute approximate surface area is 143 Å². The Kier molecular flexibility index (Phi) is 5.54. The lowest BCUT2D eigenvalue weighted by Crippen LogP contribution is -2.14. The molecular weight excluding hydrogens is 399 g/mol. The summed E-state index contributed by atoms with van der Waals surface area (Å²) in [5.41, 5.74) is -1.00. The molecule has 122 valence electrons. The number of hydrogen-bond acceptors (Lipinski definition) is 2. The summed E-state index contributed by atoms with van der Waals surface area (Å²) in [4.78, 5) is 11.4. The quantitative estimate of drug-likeness (QED) is 0.684. The monoisotopic (exact) mass is 407 g/mol. The summed E-state index contributed by atoms with van der Waals surface area (Å²) >= 11 is 8.65. The molecule has 0 aliphatic rings. The average molecular weight is 409 g/mol. The largest absolute Gasteiger partial charge is 0.455 e. The maximum absolute atomic E-state index is 12.8. The van der Waals surface area contributed by atoms with Crippen molar-refractivity contribution < 1.29 is 22.7 Å². The highest BCUT2D eigenvalue weighted by Gasteiger charge is 2.31. The van der Waals surface area contributed by atoms with Crippen molar-refractivity contribution in [1.82, 2.24) is 0 Å². The van der Waals surface area contributed by atoms with Gasteiger partial charge in [0.2, 0.25) is 5.91 Å². The van der Waals surface area contributed by atoms with E-state index in [1.54, 1.807) is 24.3 Å². The maximum atomic E-state index is 12.8. The third kappa shape index (κ3) is 4.87. The Morgan fingerprint density at radius 3 is 2.39 bits per heavy atom. The molecule has 1 N–H and O–H groups in total. The van der Waals surface area contributed by atoms with Gasteiger partial charge >= 0.3 is 6.18 Å². The zero-order valence-corrected chi connectivity index (χ0v) is 13.8. The van der Waals surface area contributed by atoms with Gasteiger partial charge in [0.05, 0.1) is 11.3 Å². The molecule has 0 fully saturated rings. The minimum Gasteiger partial charge on any atom is -0.455 e. The van der Waals surface area contributed by atoms with Crippen LogP contribution in [0, 0.1) is 0 Å². The highest BCUT2D eigenvalue weighted by molar-refractivity contribution is 9.10. The summed E-state index contributed by atoms with van der Waals surface area (Å²) in [6.07, 6.45) is -4.53. The summed E-state index contributed by atoms with van der Waals surface area (Å²) in [6.45, 7) is 0. The lowest BCUT2D eigenvalue weighted by Gasteiger charge is -2.15. The van der Waals surface area contributed by atoms with Crippen LogP contribution < -0.4 is 10.1 Å². The normalized spacial score (nSPS) is 11.2. The van der Waals surface area contributed by atoms with E-state index in [4.69, 9.17) is 16.3 Å². The Bertz CT molecular complexity index is 705. The molecule has 0 aliphatic carbocycles. The molecule has 0 heterocycles. The fraction of sp³-hybridized carbons (Fsp3) is 0.133. The Balaban J connectivity index is 2.36. The van der Waals surface area contributed by atoms with Gasteiger partial charge in [-0.1, -0.05) is 15.9 Å². The molecule has 0 aromatic heterocycles. The molecule has 2 rings (SSSR count). The van der Waals surface area contributed by atoms with Gasteiger partial charge in [-0.2, -0.15) is 13.2 Å². The van der Waals surface area contributed by atoms with E-state index in [2.05, 4.69) is 21.2 Å². The number of halogens is 5. The molecular formula is C15H10BrClF3NO2. The molecule has 2 aromatic carbocycles. The second-order valence-corrected chi connectivity index (χ2v) is 5.63. The third-order valence-corrected chi connectivity index (χ3v) is 3.52. The molecule has 8 heteroatoms. The number of carbonyl (C=O) groups is 1. The van der Waals surface area contributed by atoms with Crippen LogP contribution in [0.4, 0.5) is 18.9 Å². The predicted molar refractivity (Wildman–Crippen MR) is 85.0 cm³/mol. The Hall–Kier alpha value is -1.73. The van der Waals surface area contributed by atoms with E-state index in [1.807, 2.05) is 0 Å². The van der Waals surface area contributed by atoms with E-state index < -0.39 is 17.6 Å². The molecule has 2 aromatic rings. The van der Waals surface area contributed by atoms with Gasteiger partial charge in [0.1, 0.15) is 11.6 Å². The number of carbonyl (C=O) groups excluding carboxylic acids is 1. The number of amides is 1. The molecule has 0 atom stereocenters. The lowest BCUT2D eigenvalue weighted by molar-refractivity contribution is -0.137. The zero-order valence-electron chi connectivity index (χ0n) is 11.5. The number of anilines is 1. The summed E-state index contributed by atoms with van der Waals surface area (Å²) in [6, 6.07) is 9.54. The Morgan fingerprint density at radius 2 is 1.83 bits per heavy atom. The van der Waals surface area contributed by atoms with E-state index >= 15 is 0 Å². The highest BCUT2D eigenvalue weighted by atomic mass is 79.9. The van der Waals surface area contributed by atoms with Crippen LogP contribution >= 0.6 is 27.5 Å². The molecule has 0 spiro atoms. The first-order valence-corrected chi connectivity index (χ1v) is 7.63. The van der Waals surface area contributed by atoms with E-state index in [9.17, 15) is 18.0 Å². The molecule has 0 unspecified atom stereocenters. The molecule has 0 saturated heterocycles. The standard InChI is InChI=1S/C15H10BrClF3NO2/c16-10-2-4-11(5-3-10)23-13-6-1-9(15(18,19)20)7-12(13)21-14(22)8-17/h1-7H,8H2,(H,21,22). The second-order valence-electron chi connectivity index (χ2n) is 4.45. The predicted octanol–water partition coefficient (Wildman–Crippen LogP) is 5.44. The summed E-state index contributed by atoms with van der Waals surface area (Å²) in [5.74, 6) is -0.520. The van der Waals surface area contributed by atoms with Gasteiger partial charge in [0, 0.05) is 4.47 Å². The first-order valence-electron chi connectivity index (χ1n) is 6.30. The number of ether oxygens (including phenoxy) is 1. The molecule has 23 heavy (non-hydrogen) atoms. The second kappa shape index (κ2) is 7.23. The minimum atomic E-state index is -4.53. The van der Waals surface area contributed by atoms with E-state index in [0.717, 1.165) is 22.7 Å². The van der Waals surface area contributed by atoms with Crippen molar-refractivity contribution in [2.24, 2.45) is 0 Å². The van der Waals surface area contributed by atoms with Crippen LogP contribution in [0.25, 0.3) is 0 Å². The molecule has 0 bridgehead atoms. The van der Waals surface area contributed by atoms with Crippen LogP contribution in [-0.2, 0) is 11.0 Å². The molecule has 3 nitrogen and oxygen atoms in total. The molecule has 0 saturated carbocycles. The average Bonchev–Trinajstić information content (AvgIpc) is 2.50. The number of benzene rings is 2. The van der Waals surface area contributed by atoms with Gasteiger partial charge in [0.15, 0.2) is 5.75 Å². The van der Waals surface area contributed by atoms with Crippen LogP contribution in [0.1, 0.15) is 5.56 Å². The minimum absolute atomic E-state index is 0.0822. The van der Waals surface area contributed by atoms with Crippen molar-refractivity contribution in [2.75, 3.05) is 11.2 Å². The van der Waals surface area contributed by atoms with Gasteiger partial charge in [-0.05, 0) is 42.5 Å². The fourth-order valence-electron chi connectivity index (χ4n) is 1.71. The van der Waals surface area contributed by atoms with Crippen molar-refractivity contribution in [3.63, 3.8) is 0 Å². The van der Waals surface area contributed by atoms with Gasteiger partial charge < -0.3 is 10.1 Å². The molecule has 0 radical (unpaired) electrons. The van der Waals surface area contributed by atoms with Crippen molar-refractivity contribution in [3.05, 3.63) is 52.5 Å². The maximum Gasteiger partial charge on any atom is 0.416 e. The van der Waals surface area contributed by atoms with Crippen LogP contribution in [0.2, 0.25) is 0 Å². The van der Waals surface area contributed by atoms with Crippen molar-refractivity contribution >= 4 is 39.1 Å². The van der Waals surface area contributed by atoms with Crippen LogP contribution in [0.15, 0.2) is 46.9 Å². The molecule has 1 amide bonds. The number of nitrogens with one attached hydrogen (secondary N) is 1. The smallest absolute Gasteiger partial charge is 0.416 e. The van der Waals surface area contributed by atoms with Crippen molar-refractivity contribution in [2.45, 2.75) is 6.18 Å². The van der Waals surface area contributed by atoms with Gasteiger partial charge in [0.25, 0.3) is 0 Å². The zero-order chi connectivity index (χ0) is 17.0. The Morgan fingerprint density at radius 1 is 1.17 bits per heavy atom. The topological polar surface area (TPSA) is 38.3 Å². The number of rotatable bonds is 4. The van der Waals surface area contributed by atoms with Crippen LogP contribution in [0.3, 0.4) is 0 Å². The van der Waals surface area contributed by atoms with Gasteiger partial charge in [-0.15, -0.1) is 11.6 Å². The van der Waals surface area contributed by atoms with E-state index in [0.29, 0.717) is 5.75 Å². The number of hydrogen-bond donors (Lipinski definition) is 1. The SMILES string of the molecule is O=C(CCl)Nc1cc(C(F)(F)F)ccc1Oc1ccc(Br)cc1. The first-order chi connectivity index (χ1) is 10.8. The number of alkyl halides is 4. The molecule has 0 aliphatic heterocycles. The highest BCUT2D eigenvalue weighted by Crippen LogP contribution is 2.37. The summed E-state index contributed by atoms with van der Waals surface area (Å²) in [5, 5.41) is 2.30. The summed E-state index contributed by atoms with van der Waals surface area (Å²) in [7, 11) is 0. The van der Waals surface area contributed by atoms with Gasteiger partial charge in [-0.3, -0.25) is 4.79 Å². The third-order valence-electron chi connectivity index (χ3n) is 2.74. The lowest BCUT2D eigenvalue weighted by atomic mass is 10.1. The van der Waals surface area contributed by atoms with Gasteiger partial charge in [-0.25, -0.2) is 0 Å². The fourth-order valence-corrected chi connectivity index (χ4v) is 2.04. The summed E-state index contributed by atoms with van der Waals surface area (Å²) < 4.78 is 44.8. The van der Waals surface area contributed by atoms with E-state index in [1.165, 1.54) is 0 Å². The first kappa shape index (κ1) is 17.6.